The van der Waals surface area contributed by atoms with Gasteiger partial charge in [-0.3, -0.25) is 15.1 Å². The van der Waals surface area contributed by atoms with Gasteiger partial charge in [0.2, 0.25) is 5.91 Å². The number of nitrogens with one attached hydrogen (secondary N) is 2. The molecule has 1 amide bonds. The highest BCUT2D eigenvalue weighted by atomic mass is 16.5. The molecule has 1 aliphatic rings. The molecule has 3 atom stereocenters. The molecule has 150 valence electrons. The van der Waals surface area contributed by atoms with Gasteiger partial charge in [0, 0.05) is 24.9 Å². The number of carbonyl (C=O) groups excluding carboxylic acids is 1. The molecule has 7 nitrogen and oxygen atoms in total. The fourth-order valence-corrected chi connectivity index (χ4v) is 3.55. The number of anilines is 1. The molecule has 1 fully saturated rings. The van der Waals surface area contributed by atoms with Gasteiger partial charge in [0.1, 0.15) is 17.9 Å². The van der Waals surface area contributed by atoms with Gasteiger partial charge in [-0.1, -0.05) is 41.6 Å². The van der Waals surface area contributed by atoms with Gasteiger partial charge in [-0.25, -0.2) is 0 Å². The third-order valence-corrected chi connectivity index (χ3v) is 4.98. The Morgan fingerprint density at radius 2 is 2.00 bits per heavy atom. The molecule has 7 heteroatoms. The maximum Gasteiger partial charge on any atom is 0.247 e. The maximum absolute atomic E-state index is 13.0. The number of amides is 1. The van der Waals surface area contributed by atoms with E-state index in [1.165, 1.54) is 0 Å². The van der Waals surface area contributed by atoms with Gasteiger partial charge in [-0.2, -0.15) is 0 Å². The van der Waals surface area contributed by atoms with Crippen molar-refractivity contribution in [3.8, 4) is 0 Å². The number of ether oxygens (including phenoxy) is 1. The molecular formula is C22H24N4O3. The number of aryl methyl sites for hydroxylation is 1. The summed E-state index contributed by atoms with van der Waals surface area (Å²) in [5, 5.41) is 10.2. The zero-order valence-corrected chi connectivity index (χ0v) is 16.2. The summed E-state index contributed by atoms with van der Waals surface area (Å²) in [6, 6.07) is 16.8. The molecule has 3 aromatic rings. The number of carbonyl (C=O) groups is 1. The van der Waals surface area contributed by atoms with Gasteiger partial charge in [-0.15, -0.1) is 0 Å². The molecule has 2 aromatic heterocycles. The number of pyridine rings is 1. The van der Waals surface area contributed by atoms with Crippen molar-refractivity contribution >= 4 is 11.7 Å². The van der Waals surface area contributed by atoms with Crippen LogP contribution in [-0.4, -0.2) is 28.7 Å². The number of nitrogens with zero attached hydrogens (tertiary/aromatic N) is 2. The van der Waals surface area contributed by atoms with E-state index >= 15 is 0 Å². The molecule has 1 aliphatic heterocycles. The van der Waals surface area contributed by atoms with Crippen molar-refractivity contribution < 1.29 is 14.1 Å². The molecule has 0 saturated carbocycles. The predicted octanol–water partition coefficient (Wildman–Crippen LogP) is 3.57. The van der Waals surface area contributed by atoms with Crippen LogP contribution >= 0.6 is 0 Å². The lowest BCUT2D eigenvalue weighted by Crippen LogP contribution is -2.43. The lowest BCUT2D eigenvalue weighted by molar-refractivity contribution is -0.119. The van der Waals surface area contributed by atoms with Crippen LogP contribution in [0.1, 0.15) is 42.0 Å². The Labute approximate surface area is 169 Å². The van der Waals surface area contributed by atoms with E-state index in [9.17, 15) is 4.79 Å². The highest BCUT2D eigenvalue weighted by Crippen LogP contribution is 2.28. The Kier molecular flexibility index (Phi) is 5.97. The van der Waals surface area contributed by atoms with Gasteiger partial charge in [0.05, 0.1) is 5.69 Å². The van der Waals surface area contributed by atoms with E-state index in [4.69, 9.17) is 9.26 Å². The molecule has 4 rings (SSSR count). The van der Waals surface area contributed by atoms with Gasteiger partial charge < -0.3 is 14.6 Å². The van der Waals surface area contributed by atoms with Crippen LogP contribution in [0.3, 0.4) is 0 Å². The second-order valence-electron chi connectivity index (χ2n) is 7.16. The lowest BCUT2D eigenvalue weighted by Gasteiger charge is -2.32. The number of hydrogen-bond acceptors (Lipinski definition) is 6. The topological polar surface area (TPSA) is 89.3 Å². The van der Waals surface area contributed by atoms with Crippen LogP contribution in [0.4, 0.5) is 5.82 Å². The minimum Gasteiger partial charge on any atom is -0.372 e. The zero-order valence-electron chi connectivity index (χ0n) is 16.2. The minimum atomic E-state index is -0.513. The fraction of sp³-hybridized carbons (Fsp3) is 0.318. The molecule has 0 bridgehead atoms. The summed E-state index contributed by atoms with van der Waals surface area (Å²) in [5.74, 6) is 0.881. The Balaban J connectivity index is 1.50. The standard InChI is InChI=1S/C22H24N4O3/c1-15-13-20(26-29-15)25-22(27)21(16-7-3-2-4-8-16)24-17-10-12-28-19(14-17)18-9-5-6-11-23-18/h2-9,11,13,17,19,21,24H,10,12,14H2,1H3,(H,25,26,27)/t17-,19-,21?/m1/s1. The van der Waals surface area contributed by atoms with Crippen molar-refractivity contribution in [1.29, 1.82) is 0 Å². The summed E-state index contributed by atoms with van der Waals surface area (Å²) in [6.45, 7) is 2.40. The van der Waals surface area contributed by atoms with E-state index in [1.54, 1.807) is 19.2 Å². The quantitative estimate of drug-likeness (QED) is 0.667. The second kappa shape index (κ2) is 8.98. The monoisotopic (exact) mass is 392 g/mol. The smallest absolute Gasteiger partial charge is 0.247 e. The van der Waals surface area contributed by atoms with Gasteiger partial charge >= 0.3 is 0 Å². The summed E-state index contributed by atoms with van der Waals surface area (Å²) in [4.78, 5) is 17.5. The van der Waals surface area contributed by atoms with Gasteiger partial charge in [0.25, 0.3) is 0 Å². The van der Waals surface area contributed by atoms with Crippen LogP contribution in [0, 0.1) is 6.92 Å². The molecule has 2 N–H and O–H groups in total. The van der Waals surface area contributed by atoms with Crippen LogP contribution < -0.4 is 10.6 Å². The van der Waals surface area contributed by atoms with Gasteiger partial charge in [0.15, 0.2) is 5.82 Å². The van der Waals surface area contributed by atoms with Crippen molar-refractivity contribution in [3.05, 3.63) is 77.8 Å². The Bertz CT molecular complexity index is 930. The largest absolute Gasteiger partial charge is 0.372 e. The first-order valence-corrected chi connectivity index (χ1v) is 9.77. The van der Waals surface area contributed by atoms with Crippen LogP contribution in [0.25, 0.3) is 0 Å². The van der Waals surface area contributed by atoms with Crippen molar-refractivity contribution in [2.24, 2.45) is 0 Å². The van der Waals surface area contributed by atoms with E-state index in [0.29, 0.717) is 18.2 Å². The van der Waals surface area contributed by atoms with Crippen molar-refractivity contribution in [2.45, 2.75) is 38.0 Å². The third-order valence-electron chi connectivity index (χ3n) is 4.98. The molecule has 3 heterocycles. The molecule has 0 radical (unpaired) electrons. The number of hydrogen-bond donors (Lipinski definition) is 2. The first-order chi connectivity index (χ1) is 14.2. The van der Waals surface area contributed by atoms with Crippen LogP contribution in [0.2, 0.25) is 0 Å². The fourth-order valence-electron chi connectivity index (χ4n) is 3.55. The summed E-state index contributed by atoms with van der Waals surface area (Å²) in [5.41, 5.74) is 1.81. The van der Waals surface area contributed by atoms with Crippen molar-refractivity contribution in [1.82, 2.24) is 15.5 Å². The van der Waals surface area contributed by atoms with Crippen LogP contribution in [0.5, 0.6) is 0 Å². The highest BCUT2D eigenvalue weighted by molar-refractivity contribution is 5.94. The number of benzene rings is 1. The molecule has 1 unspecified atom stereocenters. The molecule has 0 spiro atoms. The van der Waals surface area contributed by atoms with E-state index in [-0.39, 0.29) is 18.1 Å². The average Bonchev–Trinajstić information content (AvgIpc) is 3.18. The Morgan fingerprint density at radius 1 is 1.17 bits per heavy atom. The SMILES string of the molecule is Cc1cc(NC(=O)C(N[C@@H]2CCO[C@@H](c3ccccn3)C2)c2ccccc2)no1. The third kappa shape index (κ3) is 4.88. The Morgan fingerprint density at radius 3 is 2.72 bits per heavy atom. The molecule has 1 saturated heterocycles. The number of rotatable bonds is 6. The lowest BCUT2D eigenvalue weighted by atomic mass is 9.97. The van der Waals surface area contributed by atoms with E-state index in [0.717, 1.165) is 24.1 Å². The molecule has 1 aromatic carbocycles. The maximum atomic E-state index is 13.0. The predicted molar refractivity (Wildman–Crippen MR) is 108 cm³/mol. The molecule has 0 aliphatic carbocycles. The first kappa shape index (κ1) is 19.3. The normalized spacial score (nSPS) is 20.2. The number of aromatic nitrogens is 2. The summed E-state index contributed by atoms with van der Waals surface area (Å²) in [7, 11) is 0. The van der Waals surface area contributed by atoms with Crippen molar-refractivity contribution in [2.75, 3.05) is 11.9 Å². The molecular weight excluding hydrogens is 368 g/mol. The van der Waals surface area contributed by atoms with Crippen LogP contribution in [0.15, 0.2) is 65.3 Å². The van der Waals surface area contributed by atoms with E-state index in [1.807, 2.05) is 48.5 Å². The first-order valence-electron chi connectivity index (χ1n) is 9.77. The van der Waals surface area contributed by atoms with Gasteiger partial charge in [-0.05, 0) is 37.5 Å². The zero-order chi connectivity index (χ0) is 20.1. The van der Waals surface area contributed by atoms with Crippen molar-refractivity contribution in [3.63, 3.8) is 0 Å². The summed E-state index contributed by atoms with van der Waals surface area (Å²) >= 11 is 0. The summed E-state index contributed by atoms with van der Waals surface area (Å²) in [6.07, 6.45) is 3.26. The minimum absolute atomic E-state index is 0.0832. The second-order valence-corrected chi connectivity index (χ2v) is 7.16. The Hall–Kier alpha value is -3.03. The van der Waals surface area contributed by atoms with E-state index < -0.39 is 6.04 Å². The summed E-state index contributed by atoms with van der Waals surface area (Å²) < 4.78 is 11.0. The molecule has 29 heavy (non-hydrogen) atoms. The van der Waals surface area contributed by atoms with E-state index in [2.05, 4.69) is 20.8 Å². The highest BCUT2D eigenvalue weighted by Gasteiger charge is 2.30. The van der Waals surface area contributed by atoms with Crippen LogP contribution in [-0.2, 0) is 9.53 Å². The average molecular weight is 392 g/mol.